The van der Waals surface area contributed by atoms with Crippen LogP contribution in [-0.2, 0) is 0 Å². The molecule has 15 heavy (non-hydrogen) atoms. The summed E-state index contributed by atoms with van der Waals surface area (Å²) in [6.45, 7) is 0. The number of carbonyl (C=O) groups is 1. The molecule has 1 aliphatic carbocycles. The van der Waals surface area contributed by atoms with E-state index in [0.29, 0.717) is 17.7 Å². The lowest BCUT2D eigenvalue weighted by molar-refractivity contribution is 0.0958. The molecule has 0 saturated heterocycles. The summed E-state index contributed by atoms with van der Waals surface area (Å²) in [5.74, 6) is 1.42. The Kier molecular flexibility index (Phi) is 2.95. The molecular weight excluding hydrogens is 212 g/mol. The lowest BCUT2D eigenvalue weighted by Gasteiger charge is -2.33. The maximum atomic E-state index is 11.2. The monoisotopic (exact) mass is 226 g/mol. The summed E-state index contributed by atoms with van der Waals surface area (Å²) in [7, 11) is 1.58. The predicted octanol–water partition coefficient (Wildman–Crippen LogP) is 0.519. The van der Waals surface area contributed by atoms with Crippen LogP contribution in [0.3, 0.4) is 0 Å². The first-order valence-corrected chi connectivity index (χ1v) is 5.62. The van der Waals surface area contributed by atoms with Crippen molar-refractivity contribution in [2.24, 2.45) is 5.92 Å². The molecule has 1 N–H and O–H groups in total. The highest BCUT2D eigenvalue weighted by molar-refractivity contribution is 7.80. The highest BCUT2D eigenvalue weighted by Gasteiger charge is 2.30. The molecule has 0 aromatic carbocycles. The minimum absolute atomic E-state index is 0.189. The minimum atomic E-state index is -0.189. The van der Waals surface area contributed by atoms with Crippen molar-refractivity contribution in [1.82, 2.24) is 20.3 Å². The molecule has 0 atom stereocenters. The van der Waals surface area contributed by atoms with E-state index in [1.807, 2.05) is 0 Å². The SMILES string of the molecule is CNC(=O)c1cn(C2CC(CS)C2)nn1. The number of hydrogen-bond acceptors (Lipinski definition) is 4. The molecule has 0 unspecified atom stereocenters. The second-order valence-corrected chi connectivity index (χ2v) is 4.20. The third-order valence-electron chi connectivity index (χ3n) is 2.81. The van der Waals surface area contributed by atoms with Gasteiger partial charge in [-0.3, -0.25) is 4.79 Å². The molecule has 1 aliphatic rings. The molecule has 1 saturated carbocycles. The van der Waals surface area contributed by atoms with Crippen molar-refractivity contribution >= 4 is 18.5 Å². The topological polar surface area (TPSA) is 59.8 Å². The zero-order valence-corrected chi connectivity index (χ0v) is 9.44. The number of rotatable bonds is 3. The van der Waals surface area contributed by atoms with E-state index in [1.54, 1.807) is 17.9 Å². The van der Waals surface area contributed by atoms with Gasteiger partial charge in [0.2, 0.25) is 0 Å². The molecule has 0 bridgehead atoms. The second kappa shape index (κ2) is 4.22. The van der Waals surface area contributed by atoms with Crippen LogP contribution in [-0.4, -0.2) is 33.7 Å². The average molecular weight is 226 g/mol. The van der Waals surface area contributed by atoms with Crippen molar-refractivity contribution < 1.29 is 4.79 Å². The molecule has 6 heteroatoms. The number of thiol groups is 1. The number of amides is 1. The van der Waals surface area contributed by atoms with Gasteiger partial charge in [0.05, 0.1) is 12.2 Å². The number of nitrogens with one attached hydrogen (secondary N) is 1. The van der Waals surface area contributed by atoms with Gasteiger partial charge in [-0.2, -0.15) is 12.6 Å². The largest absolute Gasteiger partial charge is 0.354 e. The number of carbonyl (C=O) groups excluding carboxylic acids is 1. The van der Waals surface area contributed by atoms with Crippen LogP contribution in [0.2, 0.25) is 0 Å². The van der Waals surface area contributed by atoms with Crippen LogP contribution >= 0.6 is 12.6 Å². The molecule has 0 aliphatic heterocycles. The Morgan fingerprint density at radius 2 is 2.47 bits per heavy atom. The lowest BCUT2D eigenvalue weighted by Crippen LogP contribution is -2.28. The van der Waals surface area contributed by atoms with Crippen LogP contribution in [0.25, 0.3) is 0 Å². The van der Waals surface area contributed by atoms with Crippen molar-refractivity contribution in [3.05, 3.63) is 11.9 Å². The van der Waals surface area contributed by atoms with Gasteiger partial charge in [0.25, 0.3) is 5.91 Å². The normalized spacial score (nSPS) is 24.7. The Balaban J connectivity index is 1.99. The zero-order chi connectivity index (χ0) is 10.8. The molecule has 1 aromatic rings. The van der Waals surface area contributed by atoms with Crippen molar-refractivity contribution in [2.45, 2.75) is 18.9 Å². The first kappa shape index (κ1) is 10.5. The van der Waals surface area contributed by atoms with Crippen LogP contribution < -0.4 is 5.32 Å². The smallest absolute Gasteiger partial charge is 0.273 e. The second-order valence-electron chi connectivity index (χ2n) is 3.84. The quantitative estimate of drug-likeness (QED) is 0.739. The van der Waals surface area contributed by atoms with Gasteiger partial charge in [-0.1, -0.05) is 5.21 Å². The maximum Gasteiger partial charge on any atom is 0.273 e. The van der Waals surface area contributed by atoms with Gasteiger partial charge in [0.15, 0.2) is 5.69 Å². The fourth-order valence-corrected chi connectivity index (χ4v) is 2.05. The van der Waals surface area contributed by atoms with E-state index in [-0.39, 0.29) is 5.91 Å². The van der Waals surface area contributed by atoms with Crippen LogP contribution in [0.15, 0.2) is 6.20 Å². The van der Waals surface area contributed by atoms with Crippen LogP contribution in [0.4, 0.5) is 0 Å². The van der Waals surface area contributed by atoms with Gasteiger partial charge in [-0.15, -0.1) is 5.10 Å². The van der Waals surface area contributed by atoms with E-state index in [9.17, 15) is 4.79 Å². The first-order valence-electron chi connectivity index (χ1n) is 4.99. The van der Waals surface area contributed by atoms with E-state index in [4.69, 9.17) is 0 Å². The van der Waals surface area contributed by atoms with Gasteiger partial charge in [-0.25, -0.2) is 4.68 Å². The summed E-state index contributed by atoms with van der Waals surface area (Å²) in [5.41, 5.74) is 0.381. The van der Waals surface area contributed by atoms with Crippen LogP contribution in [0.1, 0.15) is 29.4 Å². The highest BCUT2D eigenvalue weighted by Crippen LogP contribution is 2.37. The Morgan fingerprint density at radius 3 is 3.07 bits per heavy atom. The third kappa shape index (κ3) is 1.99. The average Bonchev–Trinajstić information content (AvgIpc) is 2.64. The molecule has 82 valence electrons. The van der Waals surface area contributed by atoms with Crippen molar-refractivity contribution in [2.75, 3.05) is 12.8 Å². The van der Waals surface area contributed by atoms with Crippen molar-refractivity contribution in [3.63, 3.8) is 0 Å². The van der Waals surface area contributed by atoms with Crippen LogP contribution in [0, 0.1) is 5.92 Å². The number of hydrogen-bond donors (Lipinski definition) is 2. The van der Waals surface area contributed by atoms with Gasteiger partial charge in [-0.05, 0) is 24.5 Å². The van der Waals surface area contributed by atoms with Gasteiger partial charge in [0, 0.05) is 7.05 Å². The van der Waals surface area contributed by atoms with Gasteiger partial charge >= 0.3 is 0 Å². The van der Waals surface area contributed by atoms with E-state index < -0.39 is 0 Å². The van der Waals surface area contributed by atoms with E-state index in [2.05, 4.69) is 28.3 Å². The molecule has 0 spiro atoms. The molecular formula is C9H14N4OS. The standard InChI is InChI=1S/C9H14N4OS/c1-10-9(14)8-4-13(12-11-8)7-2-6(3-7)5-15/h4,6-7,15H,2-3,5H2,1H3,(H,10,14). The summed E-state index contributed by atoms with van der Waals surface area (Å²) < 4.78 is 1.78. The van der Waals surface area contributed by atoms with Crippen molar-refractivity contribution in [1.29, 1.82) is 0 Å². The summed E-state index contributed by atoms with van der Waals surface area (Å²) in [5, 5.41) is 10.3. The number of nitrogens with zero attached hydrogens (tertiary/aromatic N) is 3. The fourth-order valence-electron chi connectivity index (χ4n) is 1.75. The van der Waals surface area contributed by atoms with Gasteiger partial charge < -0.3 is 5.32 Å². The van der Waals surface area contributed by atoms with E-state index in [1.165, 1.54) is 0 Å². The number of aromatic nitrogens is 3. The molecule has 5 nitrogen and oxygen atoms in total. The summed E-state index contributed by atoms with van der Waals surface area (Å²) in [6.07, 6.45) is 3.87. The molecule has 1 amide bonds. The molecule has 1 heterocycles. The van der Waals surface area contributed by atoms with Crippen LogP contribution in [0.5, 0.6) is 0 Å². The summed E-state index contributed by atoms with van der Waals surface area (Å²) in [6, 6.07) is 0.396. The first-order chi connectivity index (χ1) is 7.24. The third-order valence-corrected chi connectivity index (χ3v) is 3.33. The van der Waals surface area contributed by atoms with E-state index >= 15 is 0 Å². The van der Waals surface area contributed by atoms with Gasteiger partial charge in [0.1, 0.15) is 0 Å². The summed E-state index contributed by atoms with van der Waals surface area (Å²) >= 11 is 4.24. The predicted molar refractivity (Wildman–Crippen MR) is 59.0 cm³/mol. The lowest BCUT2D eigenvalue weighted by atomic mass is 9.82. The minimum Gasteiger partial charge on any atom is -0.354 e. The Labute approximate surface area is 93.6 Å². The Hall–Kier alpha value is -1.04. The van der Waals surface area contributed by atoms with Crippen molar-refractivity contribution in [3.8, 4) is 0 Å². The molecule has 0 radical (unpaired) electrons. The van der Waals surface area contributed by atoms with E-state index in [0.717, 1.165) is 18.6 Å². The fraction of sp³-hybridized carbons (Fsp3) is 0.667. The molecule has 1 aromatic heterocycles. The summed E-state index contributed by atoms with van der Waals surface area (Å²) in [4.78, 5) is 11.2. The Bertz CT molecular complexity index is 359. The zero-order valence-electron chi connectivity index (χ0n) is 8.55. The Morgan fingerprint density at radius 1 is 1.73 bits per heavy atom. The maximum absolute atomic E-state index is 11.2. The molecule has 1 fully saturated rings. The molecule has 2 rings (SSSR count). The highest BCUT2D eigenvalue weighted by atomic mass is 32.1.